The molecule has 1 rings (SSSR count). The van der Waals surface area contributed by atoms with Crippen LogP contribution >= 0.6 is 0 Å². The highest BCUT2D eigenvalue weighted by molar-refractivity contribution is 5.65. The van der Waals surface area contributed by atoms with E-state index in [-0.39, 0.29) is 13.5 Å². The maximum atomic E-state index is 5.62. The topological polar surface area (TPSA) is 22.1 Å². The lowest BCUT2D eigenvalue weighted by molar-refractivity contribution is 0.241. The normalized spacial score (nSPS) is 9.27. The third kappa shape index (κ3) is 3.24. The second-order valence-electron chi connectivity index (χ2n) is 3.18. The van der Waals surface area contributed by atoms with Gasteiger partial charge in [0.05, 0.1) is 11.8 Å². The van der Waals surface area contributed by atoms with E-state index in [4.69, 9.17) is 4.74 Å². The molecular weight excluding hydrogens is 186 g/mol. The molecular formula is C13H19NO. The van der Waals surface area contributed by atoms with Gasteiger partial charge in [0.15, 0.2) is 0 Å². The average molecular weight is 205 g/mol. The minimum Gasteiger partial charge on any atom is -0.490 e. The number of nitrogens with zero attached hydrogens (tertiary/aromatic N) is 1. The van der Waals surface area contributed by atoms with Crippen LogP contribution in [0, 0.1) is 0 Å². The first-order chi connectivity index (χ1) is 6.69. The van der Waals surface area contributed by atoms with Gasteiger partial charge in [-0.15, -0.1) is 0 Å². The zero-order chi connectivity index (χ0) is 10.6. The van der Waals surface area contributed by atoms with Gasteiger partial charge in [0.2, 0.25) is 0 Å². The van der Waals surface area contributed by atoms with Crippen LogP contribution < -0.4 is 4.74 Å². The Kier molecular flexibility index (Phi) is 5.39. The molecule has 0 unspecified atom stereocenters. The molecule has 2 nitrogen and oxygen atoms in total. The number of hydrogen-bond donors (Lipinski definition) is 0. The molecule has 1 heterocycles. The van der Waals surface area contributed by atoms with Crippen LogP contribution in [0.5, 0.6) is 5.75 Å². The monoisotopic (exact) mass is 205 g/mol. The Hall–Kier alpha value is -1.57. The van der Waals surface area contributed by atoms with Crippen molar-refractivity contribution in [3.63, 3.8) is 0 Å². The van der Waals surface area contributed by atoms with Crippen LogP contribution in [0.3, 0.4) is 0 Å². The summed E-state index contributed by atoms with van der Waals surface area (Å²) in [5.41, 5.74) is 1.70. The summed E-state index contributed by atoms with van der Waals surface area (Å²) in [6.45, 7) is 11.4. The molecule has 0 amide bonds. The number of hydrogen-bond acceptors (Lipinski definition) is 2. The largest absolute Gasteiger partial charge is 0.490 e. The quantitative estimate of drug-likeness (QED) is 0.746. The fraction of sp³-hybridized carbons (Fsp3) is 0.308. The zero-order valence-corrected chi connectivity index (χ0v) is 8.66. The Balaban J connectivity index is 0.00000196. The molecule has 0 aliphatic heterocycles. The molecule has 0 N–H and O–H groups in total. The summed E-state index contributed by atoms with van der Waals surface area (Å²) >= 11 is 0. The molecule has 0 aliphatic rings. The summed E-state index contributed by atoms with van der Waals surface area (Å²) in [4.78, 5) is 4.17. The van der Waals surface area contributed by atoms with E-state index in [0.717, 1.165) is 17.0 Å². The molecule has 0 aromatic carbocycles. The Morgan fingerprint density at radius 1 is 1.33 bits per heavy atom. The van der Waals surface area contributed by atoms with Crippen molar-refractivity contribution < 1.29 is 4.74 Å². The van der Waals surface area contributed by atoms with Crippen LogP contribution in [0.1, 0.15) is 32.5 Å². The van der Waals surface area contributed by atoms with Crippen molar-refractivity contribution in [2.45, 2.75) is 27.4 Å². The third-order valence-corrected chi connectivity index (χ3v) is 1.74. The SMILES string of the molecule is C.C=Cc1nccc(OC(C)C)c1C=C. The minimum absolute atomic E-state index is 0. The van der Waals surface area contributed by atoms with Crippen LogP contribution in [0.2, 0.25) is 0 Å². The van der Waals surface area contributed by atoms with Crippen LogP contribution in [0.25, 0.3) is 12.2 Å². The molecule has 0 aliphatic carbocycles. The van der Waals surface area contributed by atoms with Gasteiger partial charge in [-0.25, -0.2) is 0 Å². The standard InChI is InChI=1S/C12H15NO.CH4/c1-5-10-11(6-2)13-8-7-12(10)14-9(3)4;/h5-9H,1-2H2,3-4H3;1H4. The molecule has 0 saturated heterocycles. The van der Waals surface area contributed by atoms with E-state index in [1.807, 2.05) is 19.9 Å². The smallest absolute Gasteiger partial charge is 0.130 e. The predicted molar refractivity (Wildman–Crippen MR) is 66.9 cm³/mol. The summed E-state index contributed by atoms with van der Waals surface area (Å²) in [6, 6.07) is 1.84. The summed E-state index contributed by atoms with van der Waals surface area (Å²) in [7, 11) is 0. The Morgan fingerprint density at radius 3 is 2.47 bits per heavy atom. The van der Waals surface area contributed by atoms with Gasteiger partial charge in [-0.05, 0) is 26.0 Å². The van der Waals surface area contributed by atoms with Crippen LogP contribution in [-0.4, -0.2) is 11.1 Å². The molecule has 15 heavy (non-hydrogen) atoms. The van der Waals surface area contributed by atoms with Gasteiger partial charge in [-0.1, -0.05) is 26.7 Å². The van der Waals surface area contributed by atoms with Crippen LogP contribution in [0.4, 0.5) is 0 Å². The van der Waals surface area contributed by atoms with Crippen LogP contribution in [-0.2, 0) is 0 Å². The second kappa shape index (κ2) is 6.02. The molecule has 0 fully saturated rings. The van der Waals surface area contributed by atoms with Gasteiger partial charge in [0.1, 0.15) is 5.75 Å². The minimum atomic E-state index is 0. The van der Waals surface area contributed by atoms with E-state index in [2.05, 4.69) is 18.1 Å². The molecule has 0 radical (unpaired) electrons. The van der Waals surface area contributed by atoms with Gasteiger partial charge in [0.25, 0.3) is 0 Å². The molecule has 0 atom stereocenters. The molecule has 82 valence electrons. The van der Waals surface area contributed by atoms with Crippen LogP contribution in [0.15, 0.2) is 25.4 Å². The van der Waals surface area contributed by atoms with E-state index < -0.39 is 0 Å². The molecule has 0 saturated carbocycles. The zero-order valence-electron chi connectivity index (χ0n) is 8.66. The number of pyridine rings is 1. The van der Waals surface area contributed by atoms with E-state index >= 15 is 0 Å². The van der Waals surface area contributed by atoms with E-state index in [9.17, 15) is 0 Å². The highest BCUT2D eigenvalue weighted by Gasteiger charge is 2.06. The highest BCUT2D eigenvalue weighted by Crippen LogP contribution is 2.23. The molecule has 2 heteroatoms. The van der Waals surface area contributed by atoms with Gasteiger partial charge in [-0.2, -0.15) is 0 Å². The summed E-state index contributed by atoms with van der Waals surface area (Å²) in [6.07, 6.45) is 5.29. The van der Waals surface area contributed by atoms with Crippen molar-refractivity contribution in [1.29, 1.82) is 0 Å². The van der Waals surface area contributed by atoms with E-state index in [1.54, 1.807) is 18.3 Å². The third-order valence-electron chi connectivity index (χ3n) is 1.74. The van der Waals surface area contributed by atoms with E-state index in [0.29, 0.717) is 0 Å². The van der Waals surface area contributed by atoms with Crippen molar-refractivity contribution in [2.75, 3.05) is 0 Å². The summed E-state index contributed by atoms with van der Waals surface area (Å²) < 4.78 is 5.62. The first-order valence-corrected chi connectivity index (χ1v) is 4.59. The highest BCUT2D eigenvalue weighted by atomic mass is 16.5. The van der Waals surface area contributed by atoms with Crippen molar-refractivity contribution in [3.8, 4) is 5.75 Å². The Labute approximate surface area is 92.3 Å². The van der Waals surface area contributed by atoms with Gasteiger partial charge in [0, 0.05) is 11.8 Å². The molecule has 0 spiro atoms. The van der Waals surface area contributed by atoms with Gasteiger partial charge in [-0.3, -0.25) is 4.98 Å². The van der Waals surface area contributed by atoms with Crippen molar-refractivity contribution in [1.82, 2.24) is 4.98 Å². The maximum Gasteiger partial charge on any atom is 0.130 e. The van der Waals surface area contributed by atoms with E-state index in [1.165, 1.54) is 0 Å². The Morgan fingerprint density at radius 2 is 2.00 bits per heavy atom. The lowest BCUT2D eigenvalue weighted by Crippen LogP contribution is -2.07. The second-order valence-corrected chi connectivity index (χ2v) is 3.18. The fourth-order valence-corrected chi connectivity index (χ4v) is 1.20. The lowest BCUT2D eigenvalue weighted by Gasteiger charge is -2.13. The number of rotatable bonds is 4. The number of aromatic nitrogens is 1. The first kappa shape index (κ1) is 13.4. The van der Waals surface area contributed by atoms with Crippen molar-refractivity contribution in [2.24, 2.45) is 0 Å². The summed E-state index contributed by atoms with van der Waals surface area (Å²) in [5, 5.41) is 0. The lowest BCUT2D eigenvalue weighted by atomic mass is 10.1. The van der Waals surface area contributed by atoms with Crippen molar-refractivity contribution >= 4 is 12.2 Å². The molecule has 1 aromatic heterocycles. The summed E-state index contributed by atoms with van der Waals surface area (Å²) in [5.74, 6) is 0.805. The average Bonchev–Trinajstić information content (AvgIpc) is 2.16. The fourth-order valence-electron chi connectivity index (χ4n) is 1.20. The molecule has 0 bridgehead atoms. The molecule has 1 aromatic rings. The first-order valence-electron chi connectivity index (χ1n) is 4.59. The van der Waals surface area contributed by atoms with Gasteiger partial charge >= 0.3 is 0 Å². The Bertz CT molecular complexity index is 342. The predicted octanol–water partition coefficient (Wildman–Crippen LogP) is 3.79. The van der Waals surface area contributed by atoms with Crippen molar-refractivity contribution in [3.05, 3.63) is 36.7 Å². The van der Waals surface area contributed by atoms with Gasteiger partial charge < -0.3 is 4.74 Å². The number of ether oxygens (including phenoxy) is 1. The maximum absolute atomic E-state index is 5.62.